The van der Waals surface area contributed by atoms with Gasteiger partial charge in [-0.15, -0.1) is 0 Å². The summed E-state index contributed by atoms with van der Waals surface area (Å²) in [5.74, 6) is 1.39. The number of likely N-dealkylation sites (tertiary alicyclic amines) is 1. The first-order valence-corrected chi connectivity index (χ1v) is 12.9. The molecule has 12 heteroatoms. The van der Waals surface area contributed by atoms with Gasteiger partial charge < -0.3 is 9.47 Å². The van der Waals surface area contributed by atoms with Crippen molar-refractivity contribution in [2.45, 2.75) is 30.0 Å². The molecular weight excluding hydrogens is 516 g/mol. The van der Waals surface area contributed by atoms with Crippen LogP contribution in [-0.2, 0) is 16.2 Å². The normalized spacial score (nSPS) is 19.9. The summed E-state index contributed by atoms with van der Waals surface area (Å²) in [6.07, 6.45) is -3.21. The van der Waals surface area contributed by atoms with Gasteiger partial charge in [0.05, 0.1) is 10.6 Å². The summed E-state index contributed by atoms with van der Waals surface area (Å²) >= 11 is 11.9. The van der Waals surface area contributed by atoms with Crippen molar-refractivity contribution < 1.29 is 31.1 Å². The molecule has 0 amide bonds. The molecule has 2 heterocycles. The van der Waals surface area contributed by atoms with E-state index in [0.717, 1.165) is 32.0 Å². The molecule has 4 rings (SSSR count). The number of sulfonamides is 1. The van der Waals surface area contributed by atoms with E-state index in [1.807, 2.05) is 0 Å². The Labute approximate surface area is 206 Å². The van der Waals surface area contributed by atoms with Crippen molar-refractivity contribution in [3.8, 4) is 11.5 Å². The Morgan fingerprint density at radius 2 is 1.79 bits per heavy atom. The highest BCUT2D eigenvalue weighted by atomic mass is 35.5. The Morgan fingerprint density at radius 1 is 1.06 bits per heavy atom. The van der Waals surface area contributed by atoms with Gasteiger partial charge in [-0.05, 0) is 62.2 Å². The first-order valence-electron chi connectivity index (χ1n) is 10.7. The fraction of sp³-hybridized carbons (Fsp3) is 0.455. The molecule has 0 aromatic heterocycles. The monoisotopic (exact) mass is 538 g/mol. The predicted molar refractivity (Wildman–Crippen MR) is 122 cm³/mol. The molecule has 1 saturated heterocycles. The van der Waals surface area contributed by atoms with Gasteiger partial charge in [0.25, 0.3) is 0 Å². The van der Waals surface area contributed by atoms with Gasteiger partial charge in [-0.2, -0.15) is 13.2 Å². The number of nitrogens with one attached hydrogen (secondary N) is 1. The zero-order chi connectivity index (χ0) is 24.5. The third kappa shape index (κ3) is 6.09. The summed E-state index contributed by atoms with van der Waals surface area (Å²) in [5, 5.41) is 0.110. The van der Waals surface area contributed by atoms with Crippen LogP contribution in [0.5, 0.6) is 11.5 Å². The summed E-state index contributed by atoms with van der Waals surface area (Å²) in [6.45, 7) is 2.81. The molecule has 1 atom stereocenters. The number of fused-ring (bicyclic) bond motifs is 1. The van der Waals surface area contributed by atoms with E-state index >= 15 is 0 Å². The number of halogens is 5. The van der Waals surface area contributed by atoms with Crippen molar-refractivity contribution in [2.24, 2.45) is 5.92 Å². The van der Waals surface area contributed by atoms with E-state index in [1.165, 1.54) is 0 Å². The SMILES string of the molecule is O=S(=O)(NCC1CCN(C[C@H]2COc3ccc(Cl)cc3O2)CC1)c1ccc(C(F)(F)F)cc1Cl. The minimum absolute atomic E-state index is 0.0994. The first-order chi connectivity index (χ1) is 16.0. The Morgan fingerprint density at radius 3 is 2.47 bits per heavy atom. The van der Waals surface area contributed by atoms with Crippen molar-refractivity contribution >= 4 is 33.2 Å². The van der Waals surface area contributed by atoms with Crippen molar-refractivity contribution in [2.75, 3.05) is 32.8 Å². The second-order valence-electron chi connectivity index (χ2n) is 8.38. The number of piperidine rings is 1. The minimum atomic E-state index is -4.60. The summed E-state index contributed by atoms with van der Waals surface area (Å²) in [5.41, 5.74) is -0.997. The zero-order valence-electron chi connectivity index (χ0n) is 17.9. The lowest BCUT2D eigenvalue weighted by atomic mass is 9.97. The van der Waals surface area contributed by atoms with Gasteiger partial charge in [0, 0.05) is 24.2 Å². The Hall–Kier alpha value is -1.72. The van der Waals surface area contributed by atoms with Crippen LogP contribution in [0.15, 0.2) is 41.3 Å². The predicted octanol–water partition coefficient (Wildman–Crippen LogP) is 4.84. The fourth-order valence-corrected chi connectivity index (χ4v) is 5.86. The molecule has 0 aliphatic carbocycles. The lowest BCUT2D eigenvalue weighted by Gasteiger charge is -2.35. The lowest BCUT2D eigenvalue weighted by molar-refractivity contribution is -0.137. The third-order valence-corrected chi connectivity index (χ3v) is 8.05. The van der Waals surface area contributed by atoms with E-state index in [-0.39, 0.29) is 23.5 Å². The van der Waals surface area contributed by atoms with Gasteiger partial charge >= 0.3 is 6.18 Å². The molecule has 2 aliphatic heterocycles. The van der Waals surface area contributed by atoms with Gasteiger partial charge in [0.1, 0.15) is 17.6 Å². The Balaban J connectivity index is 1.26. The van der Waals surface area contributed by atoms with Crippen LogP contribution in [0.1, 0.15) is 18.4 Å². The van der Waals surface area contributed by atoms with Crippen LogP contribution in [0.25, 0.3) is 0 Å². The van der Waals surface area contributed by atoms with Crippen LogP contribution in [0.3, 0.4) is 0 Å². The molecule has 2 aromatic rings. The quantitative estimate of drug-likeness (QED) is 0.569. The highest BCUT2D eigenvalue weighted by Gasteiger charge is 2.32. The van der Waals surface area contributed by atoms with Crippen LogP contribution < -0.4 is 14.2 Å². The van der Waals surface area contributed by atoms with Crippen molar-refractivity contribution in [1.82, 2.24) is 9.62 Å². The molecule has 0 unspecified atom stereocenters. The maximum Gasteiger partial charge on any atom is 0.416 e. The fourth-order valence-electron chi connectivity index (χ4n) is 4.04. The van der Waals surface area contributed by atoms with E-state index in [4.69, 9.17) is 32.7 Å². The molecular formula is C22H23Cl2F3N2O4S. The van der Waals surface area contributed by atoms with Gasteiger partial charge in [-0.25, -0.2) is 13.1 Å². The average Bonchev–Trinajstić information content (AvgIpc) is 2.77. The molecule has 2 aromatic carbocycles. The molecule has 6 nitrogen and oxygen atoms in total. The zero-order valence-corrected chi connectivity index (χ0v) is 20.3. The van der Waals surface area contributed by atoms with Crippen LogP contribution >= 0.6 is 23.2 Å². The number of alkyl halides is 3. The van der Waals surface area contributed by atoms with E-state index in [0.29, 0.717) is 41.8 Å². The number of hydrogen-bond acceptors (Lipinski definition) is 5. The molecule has 186 valence electrons. The topological polar surface area (TPSA) is 67.9 Å². The molecule has 1 fully saturated rings. The number of benzene rings is 2. The van der Waals surface area contributed by atoms with Gasteiger partial charge in [0.2, 0.25) is 10.0 Å². The van der Waals surface area contributed by atoms with Gasteiger partial charge in [0.15, 0.2) is 11.5 Å². The van der Waals surface area contributed by atoms with E-state index < -0.39 is 26.8 Å². The number of rotatable bonds is 6. The molecule has 34 heavy (non-hydrogen) atoms. The molecule has 0 radical (unpaired) electrons. The number of ether oxygens (including phenoxy) is 2. The highest BCUT2D eigenvalue weighted by Crippen LogP contribution is 2.35. The Kier molecular flexibility index (Phi) is 7.54. The lowest BCUT2D eigenvalue weighted by Crippen LogP contribution is -2.45. The molecule has 0 spiro atoms. The van der Waals surface area contributed by atoms with E-state index in [1.54, 1.807) is 18.2 Å². The summed E-state index contributed by atoms with van der Waals surface area (Å²) in [6, 6.07) is 7.46. The van der Waals surface area contributed by atoms with E-state index in [9.17, 15) is 21.6 Å². The van der Waals surface area contributed by atoms with Crippen LogP contribution in [-0.4, -0.2) is 52.2 Å². The minimum Gasteiger partial charge on any atom is -0.486 e. The van der Waals surface area contributed by atoms with Gasteiger partial charge in [-0.1, -0.05) is 23.2 Å². The second kappa shape index (κ2) is 10.1. The largest absolute Gasteiger partial charge is 0.486 e. The summed E-state index contributed by atoms with van der Waals surface area (Å²) in [7, 11) is -4.03. The first kappa shape index (κ1) is 25.4. The summed E-state index contributed by atoms with van der Waals surface area (Å²) in [4.78, 5) is 1.87. The molecule has 2 aliphatic rings. The van der Waals surface area contributed by atoms with E-state index in [2.05, 4.69) is 9.62 Å². The van der Waals surface area contributed by atoms with Crippen LogP contribution in [0.2, 0.25) is 10.0 Å². The van der Waals surface area contributed by atoms with Crippen molar-refractivity contribution in [3.05, 3.63) is 52.0 Å². The van der Waals surface area contributed by atoms with Gasteiger partial charge in [-0.3, -0.25) is 4.90 Å². The molecule has 1 N–H and O–H groups in total. The Bertz CT molecular complexity index is 1140. The maximum absolute atomic E-state index is 12.8. The van der Waals surface area contributed by atoms with Crippen LogP contribution in [0.4, 0.5) is 13.2 Å². The third-order valence-electron chi connectivity index (χ3n) is 5.90. The average molecular weight is 539 g/mol. The highest BCUT2D eigenvalue weighted by molar-refractivity contribution is 7.89. The van der Waals surface area contributed by atoms with Crippen molar-refractivity contribution in [1.29, 1.82) is 0 Å². The standard InChI is InChI=1S/C22H23Cl2F3N2O4S/c23-16-2-3-19-20(10-16)33-17(13-32-19)12-29-7-5-14(6-8-29)11-28-34(30,31)21-4-1-15(9-18(21)24)22(25,26)27/h1-4,9-10,14,17,28H,5-8,11-13H2/t17-/m0/s1. The van der Waals surface area contributed by atoms with Crippen molar-refractivity contribution in [3.63, 3.8) is 0 Å². The molecule has 0 bridgehead atoms. The maximum atomic E-state index is 12.8. The van der Waals surface area contributed by atoms with Crippen LogP contribution in [0, 0.1) is 5.92 Å². The smallest absolute Gasteiger partial charge is 0.416 e. The number of nitrogens with zero attached hydrogens (tertiary/aromatic N) is 1. The number of hydrogen-bond donors (Lipinski definition) is 1. The molecule has 0 saturated carbocycles. The second-order valence-corrected chi connectivity index (χ2v) is 11.0. The summed E-state index contributed by atoms with van der Waals surface area (Å²) < 4.78 is 77.8.